The van der Waals surface area contributed by atoms with Crippen LogP contribution in [0.15, 0.2) is 65.9 Å². The Balaban J connectivity index is 1.21. The fraction of sp³-hybridized carbons (Fsp3) is 0.436. The Morgan fingerprint density at radius 2 is 1.73 bits per heavy atom. The number of piperidine rings is 1. The minimum absolute atomic E-state index is 0.0861. The number of carbonyl (C=O) groups excluding carboxylic acids is 2. The second-order valence-electron chi connectivity index (χ2n) is 14.3. The third-order valence-corrected chi connectivity index (χ3v) is 10.9. The highest BCUT2D eigenvalue weighted by atomic mass is 19.4. The molecule has 0 spiro atoms. The second kappa shape index (κ2) is 14.4. The van der Waals surface area contributed by atoms with E-state index >= 15 is 0 Å². The zero-order valence-corrected chi connectivity index (χ0v) is 29.8. The molecule has 52 heavy (non-hydrogen) atoms. The molecule has 2 fully saturated rings. The summed E-state index contributed by atoms with van der Waals surface area (Å²) in [6, 6.07) is 15.6. The Morgan fingerprint density at radius 1 is 1.00 bits per heavy atom. The van der Waals surface area contributed by atoms with E-state index in [2.05, 4.69) is 24.5 Å². The zero-order chi connectivity index (χ0) is 36.7. The molecule has 4 aromatic rings. The Hall–Kier alpha value is -4.59. The van der Waals surface area contributed by atoms with Crippen molar-refractivity contribution < 1.29 is 22.8 Å². The number of halogens is 3. The first-order valence-corrected chi connectivity index (χ1v) is 18.0. The molecule has 2 saturated heterocycles. The number of alkyl halides is 3. The molecule has 10 nitrogen and oxygen atoms in total. The van der Waals surface area contributed by atoms with Gasteiger partial charge < -0.3 is 20.4 Å². The molecule has 3 N–H and O–H groups in total. The van der Waals surface area contributed by atoms with Gasteiger partial charge in [-0.3, -0.25) is 19.4 Å². The normalized spacial score (nSPS) is 19.8. The van der Waals surface area contributed by atoms with Gasteiger partial charge >= 0.3 is 6.18 Å². The lowest BCUT2D eigenvalue weighted by molar-refractivity contribution is -0.149. The van der Waals surface area contributed by atoms with E-state index in [9.17, 15) is 22.8 Å². The third kappa shape index (κ3) is 7.22. The number of nitrogens with one attached hydrogen (secondary N) is 1. The fourth-order valence-corrected chi connectivity index (χ4v) is 8.01. The number of hydrogen-bond acceptors (Lipinski definition) is 7. The maximum absolute atomic E-state index is 14.2. The number of anilines is 1. The number of fused-ring (bicyclic) bond motifs is 2. The lowest BCUT2D eigenvalue weighted by atomic mass is 9.89. The van der Waals surface area contributed by atoms with Crippen molar-refractivity contribution >= 4 is 28.9 Å². The molecule has 3 aromatic heterocycles. The van der Waals surface area contributed by atoms with Crippen LogP contribution in [-0.2, 0) is 4.79 Å². The van der Waals surface area contributed by atoms with Gasteiger partial charge in [0.25, 0.3) is 11.8 Å². The molecular formula is C39H45F3N8O2. The van der Waals surface area contributed by atoms with Crippen LogP contribution in [0.4, 0.5) is 19.0 Å². The van der Waals surface area contributed by atoms with Gasteiger partial charge in [-0.1, -0.05) is 24.3 Å². The van der Waals surface area contributed by atoms with E-state index in [0.717, 1.165) is 70.8 Å². The number of hydrogen-bond donors (Lipinski definition) is 2. The molecule has 0 radical (unpaired) electrons. The van der Waals surface area contributed by atoms with Crippen LogP contribution in [0.3, 0.4) is 0 Å². The van der Waals surface area contributed by atoms with Gasteiger partial charge in [0, 0.05) is 98.4 Å². The molecule has 3 aliphatic heterocycles. The van der Waals surface area contributed by atoms with Crippen molar-refractivity contribution in [3.05, 3.63) is 88.9 Å². The van der Waals surface area contributed by atoms with Gasteiger partial charge in [0.05, 0.1) is 18.0 Å². The molecule has 2 unspecified atom stereocenters. The number of aromatic nitrogens is 2. The lowest BCUT2D eigenvalue weighted by Crippen LogP contribution is -2.50. The summed E-state index contributed by atoms with van der Waals surface area (Å²) < 4.78 is 41.5. The number of carbonyl (C=O) groups is 2. The van der Waals surface area contributed by atoms with E-state index in [-0.39, 0.29) is 30.4 Å². The van der Waals surface area contributed by atoms with Crippen molar-refractivity contribution in [3.8, 4) is 11.1 Å². The first kappa shape index (κ1) is 35.8. The summed E-state index contributed by atoms with van der Waals surface area (Å²) in [6.07, 6.45) is 1.44. The molecule has 0 bridgehead atoms. The first-order valence-electron chi connectivity index (χ1n) is 18.0. The molecule has 1 aromatic carbocycles. The van der Waals surface area contributed by atoms with Crippen molar-refractivity contribution in [2.75, 3.05) is 57.3 Å². The van der Waals surface area contributed by atoms with E-state index in [1.807, 2.05) is 81.7 Å². The van der Waals surface area contributed by atoms with E-state index in [1.165, 1.54) is 4.90 Å². The van der Waals surface area contributed by atoms with Gasteiger partial charge in [-0.15, -0.1) is 0 Å². The fourth-order valence-electron chi connectivity index (χ4n) is 8.01. The highest BCUT2D eigenvalue weighted by Gasteiger charge is 2.34. The minimum Gasteiger partial charge on any atom is -0.357 e. The Morgan fingerprint density at radius 3 is 2.42 bits per heavy atom. The summed E-state index contributed by atoms with van der Waals surface area (Å²) >= 11 is 0. The molecule has 2 atom stereocenters. The predicted molar refractivity (Wildman–Crippen MR) is 196 cm³/mol. The van der Waals surface area contributed by atoms with E-state index < -0.39 is 18.6 Å². The summed E-state index contributed by atoms with van der Waals surface area (Å²) in [5, 5.41) is 3.04. The third-order valence-electron chi connectivity index (χ3n) is 10.9. The van der Waals surface area contributed by atoms with Crippen LogP contribution in [0.25, 0.3) is 16.6 Å². The Kier molecular flexibility index (Phi) is 9.94. The molecule has 3 aliphatic rings. The van der Waals surface area contributed by atoms with Gasteiger partial charge in [0.15, 0.2) is 0 Å². The lowest BCUT2D eigenvalue weighted by Gasteiger charge is -2.39. The predicted octanol–water partition coefficient (Wildman–Crippen LogP) is 5.34. The maximum Gasteiger partial charge on any atom is 0.401 e. The number of nitrogens with two attached hydrogens (primary N) is 1. The monoisotopic (exact) mass is 714 g/mol. The largest absolute Gasteiger partial charge is 0.401 e. The molecule has 274 valence electrons. The van der Waals surface area contributed by atoms with Crippen LogP contribution in [0.5, 0.6) is 0 Å². The van der Waals surface area contributed by atoms with E-state index in [0.29, 0.717) is 37.5 Å². The maximum atomic E-state index is 14.2. The summed E-state index contributed by atoms with van der Waals surface area (Å²) in [4.78, 5) is 42.1. The summed E-state index contributed by atoms with van der Waals surface area (Å²) in [5.41, 5.74) is 13.2. The Bertz CT molecular complexity index is 1990. The summed E-state index contributed by atoms with van der Waals surface area (Å²) in [5.74, 6) is -0.320. The molecule has 0 saturated carbocycles. The number of benzene rings is 1. The van der Waals surface area contributed by atoms with Crippen LogP contribution in [0.1, 0.15) is 71.4 Å². The smallest absolute Gasteiger partial charge is 0.357 e. The van der Waals surface area contributed by atoms with E-state index in [4.69, 9.17) is 10.7 Å². The van der Waals surface area contributed by atoms with Crippen molar-refractivity contribution in [3.63, 3.8) is 0 Å². The van der Waals surface area contributed by atoms with E-state index in [1.54, 1.807) is 0 Å². The molecule has 2 amide bonds. The van der Waals surface area contributed by atoms with Crippen molar-refractivity contribution in [1.82, 2.24) is 24.5 Å². The van der Waals surface area contributed by atoms with Crippen LogP contribution < -0.4 is 16.0 Å². The molecule has 13 heteroatoms. The standard InChI is InChI=1S/C39H45F3N8O2/c1-24-32(37(51)45-22-33-31-7-5-4-6-29(31)25(2)46-38(33)52)20-34-30(27-8-9-35(44-21-27)49-13-10-28(43)11-14-49)12-15-50(34)36(24)26(3)48-18-16-47(17-19-48)23-39(40,41)42/h4-9,12,15,20-21,26,28,33H,10-11,13-14,16-19,22-23,43H2,1-3H3,(H,45,51). The summed E-state index contributed by atoms with van der Waals surface area (Å²) in [7, 11) is 0. The number of aliphatic imine (C=N–C) groups is 1. The van der Waals surface area contributed by atoms with Crippen molar-refractivity contribution in [1.29, 1.82) is 0 Å². The van der Waals surface area contributed by atoms with Crippen LogP contribution >= 0.6 is 0 Å². The average Bonchev–Trinajstić information content (AvgIpc) is 3.54. The van der Waals surface area contributed by atoms with Crippen molar-refractivity contribution in [2.45, 2.75) is 57.8 Å². The minimum atomic E-state index is -4.25. The van der Waals surface area contributed by atoms with Crippen LogP contribution in [0.2, 0.25) is 0 Å². The van der Waals surface area contributed by atoms with Gasteiger partial charge in [-0.25, -0.2) is 9.98 Å². The number of pyridine rings is 2. The zero-order valence-electron chi connectivity index (χ0n) is 29.8. The number of piperazine rings is 1. The van der Waals surface area contributed by atoms with Crippen LogP contribution in [0, 0.1) is 6.92 Å². The highest BCUT2D eigenvalue weighted by Crippen LogP contribution is 2.35. The molecule has 0 aliphatic carbocycles. The SMILES string of the molecule is CC1=NC(=O)C(CNC(=O)c2cc3c(-c4ccc(N5CCC(N)CC5)nc4)ccn3c(C(C)N3CCN(CC(F)(F)F)CC3)c2C)c2ccccc21. The first-order chi connectivity index (χ1) is 24.9. The molecular weight excluding hydrogens is 669 g/mol. The molecule has 7 rings (SSSR count). The van der Waals surface area contributed by atoms with Gasteiger partial charge in [0.2, 0.25) is 0 Å². The number of rotatable bonds is 8. The van der Waals surface area contributed by atoms with Crippen LogP contribution in [-0.4, -0.2) is 101 Å². The highest BCUT2D eigenvalue weighted by molar-refractivity contribution is 6.11. The second-order valence-corrected chi connectivity index (χ2v) is 14.3. The number of amides is 2. The quantitative estimate of drug-likeness (QED) is 0.254. The van der Waals surface area contributed by atoms with Gasteiger partial charge in [0.1, 0.15) is 5.82 Å². The Labute approximate surface area is 301 Å². The molecule has 6 heterocycles. The average molecular weight is 715 g/mol. The van der Waals surface area contributed by atoms with Gasteiger partial charge in [-0.05, 0) is 74.6 Å². The number of nitrogens with zero attached hydrogens (tertiary/aromatic N) is 6. The van der Waals surface area contributed by atoms with Crippen molar-refractivity contribution in [2.24, 2.45) is 10.7 Å². The topological polar surface area (TPSA) is 112 Å². The van der Waals surface area contributed by atoms with Gasteiger partial charge in [-0.2, -0.15) is 13.2 Å². The summed E-state index contributed by atoms with van der Waals surface area (Å²) in [6.45, 7) is 8.14.